The van der Waals surface area contributed by atoms with Gasteiger partial charge in [0, 0.05) is 24.2 Å². The number of ether oxygens (including phenoxy) is 1. The molecule has 2 aliphatic rings. The molecular weight excluding hydrogens is 364 g/mol. The molecule has 1 aliphatic heterocycles. The molecule has 2 fully saturated rings. The van der Waals surface area contributed by atoms with E-state index in [-0.39, 0.29) is 23.5 Å². The molecule has 2 unspecified atom stereocenters. The third-order valence-corrected chi connectivity index (χ3v) is 7.03. The van der Waals surface area contributed by atoms with Crippen molar-refractivity contribution < 1.29 is 17.9 Å². The molecule has 0 bridgehead atoms. The number of anilines is 2. The maximum Gasteiger partial charge on any atom is 0.235 e. The Bertz CT molecular complexity index is 959. The van der Waals surface area contributed by atoms with Crippen molar-refractivity contribution in [3.05, 3.63) is 54.1 Å². The minimum absolute atomic E-state index is 0.0209. The van der Waals surface area contributed by atoms with Gasteiger partial charge >= 0.3 is 0 Å². The first-order valence-electron chi connectivity index (χ1n) is 9.04. The van der Waals surface area contributed by atoms with E-state index < -0.39 is 10.0 Å². The van der Waals surface area contributed by atoms with Gasteiger partial charge in [-0.15, -0.1) is 0 Å². The van der Waals surface area contributed by atoms with Gasteiger partial charge in [-0.2, -0.15) is 0 Å². The topological polar surface area (TPSA) is 75.7 Å². The number of nitrogens with one attached hydrogen (secondary N) is 1. The molecule has 1 saturated carbocycles. The molecule has 2 atom stereocenters. The van der Waals surface area contributed by atoms with Gasteiger partial charge in [0.15, 0.2) is 0 Å². The van der Waals surface area contributed by atoms with Crippen LogP contribution >= 0.6 is 0 Å². The zero-order valence-corrected chi connectivity index (χ0v) is 15.9. The second-order valence-electron chi connectivity index (χ2n) is 6.98. The Kier molecular flexibility index (Phi) is 4.55. The van der Waals surface area contributed by atoms with Crippen LogP contribution in [0.1, 0.15) is 24.3 Å². The van der Waals surface area contributed by atoms with Crippen molar-refractivity contribution >= 4 is 27.3 Å². The molecule has 1 amide bonds. The van der Waals surface area contributed by atoms with Crippen molar-refractivity contribution in [2.45, 2.75) is 18.8 Å². The molecular formula is C20H22N2O4S. The second kappa shape index (κ2) is 6.88. The Hall–Kier alpha value is -2.54. The van der Waals surface area contributed by atoms with Gasteiger partial charge in [-0.05, 0) is 36.5 Å². The highest BCUT2D eigenvalue weighted by Crippen LogP contribution is 2.48. The van der Waals surface area contributed by atoms with Gasteiger partial charge in [0.2, 0.25) is 15.9 Å². The summed E-state index contributed by atoms with van der Waals surface area (Å²) in [5, 5.41) is 2.93. The van der Waals surface area contributed by atoms with Crippen molar-refractivity contribution in [1.29, 1.82) is 0 Å². The molecule has 6 nitrogen and oxygen atoms in total. The van der Waals surface area contributed by atoms with E-state index in [1.165, 1.54) is 17.0 Å². The highest BCUT2D eigenvalue weighted by Gasteiger charge is 2.43. The molecule has 4 rings (SSSR count). The van der Waals surface area contributed by atoms with E-state index in [1.54, 1.807) is 18.2 Å². The van der Waals surface area contributed by atoms with Crippen molar-refractivity contribution in [2.75, 3.05) is 29.0 Å². The minimum Gasteiger partial charge on any atom is -0.494 e. The quantitative estimate of drug-likeness (QED) is 0.857. The first-order valence-corrected chi connectivity index (χ1v) is 10.6. The van der Waals surface area contributed by atoms with Gasteiger partial charge in [-0.25, -0.2) is 8.42 Å². The van der Waals surface area contributed by atoms with Gasteiger partial charge in [0.1, 0.15) is 5.75 Å². The van der Waals surface area contributed by atoms with E-state index in [2.05, 4.69) is 5.32 Å². The summed E-state index contributed by atoms with van der Waals surface area (Å²) in [7, 11) is -1.78. The molecule has 7 heteroatoms. The van der Waals surface area contributed by atoms with Crippen molar-refractivity contribution in [2.24, 2.45) is 5.92 Å². The van der Waals surface area contributed by atoms with Crippen molar-refractivity contribution in [1.82, 2.24) is 0 Å². The highest BCUT2D eigenvalue weighted by atomic mass is 32.2. The van der Waals surface area contributed by atoms with Gasteiger partial charge in [-0.1, -0.05) is 30.3 Å². The molecule has 0 radical (unpaired) electrons. The zero-order valence-electron chi connectivity index (χ0n) is 15.1. The van der Waals surface area contributed by atoms with E-state index in [4.69, 9.17) is 4.74 Å². The number of amides is 1. The molecule has 27 heavy (non-hydrogen) atoms. The summed E-state index contributed by atoms with van der Waals surface area (Å²) in [6.07, 6.45) is 1.45. The summed E-state index contributed by atoms with van der Waals surface area (Å²) in [5.74, 6) is 0.803. The Morgan fingerprint density at radius 3 is 2.63 bits per heavy atom. The molecule has 1 N–H and O–H groups in total. The van der Waals surface area contributed by atoms with Crippen molar-refractivity contribution in [3.63, 3.8) is 0 Å². The number of benzene rings is 2. The molecule has 1 heterocycles. The fraction of sp³-hybridized carbons (Fsp3) is 0.350. The number of carbonyl (C=O) groups excluding carboxylic acids is 1. The monoisotopic (exact) mass is 386 g/mol. The molecule has 1 saturated heterocycles. The summed E-state index contributed by atoms with van der Waals surface area (Å²) < 4.78 is 31.1. The van der Waals surface area contributed by atoms with Crippen LogP contribution in [0, 0.1) is 5.92 Å². The Labute approximate surface area is 159 Å². The number of hydrogen-bond acceptors (Lipinski definition) is 4. The SMILES string of the molecule is COc1cc(NC(=O)C2CC2c2ccccc2)ccc1N1CCCS1(=O)=O. The second-order valence-corrected chi connectivity index (χ2v) is 8.99. The average Bonchev–Trinajstić information content (AvgIpc) is 3.40. The lowest BCUT2D eigenvalue weighted by atomic mass is 10.1. The van der Waals surface area contributed by atoms with Crippen molar-refractivity contribution in [3.8, 4) is 5.75 Å². The van der Waals surface area contributed by atoms with Crippen LogP contribution in [0.25, 0.3) is 0 Å². The smallest absolute Gasteiger partial charge is 0.235 e. The van der Waals surface area contributed by atoms with Crippen LogP contribution in [0.2, 0.25) is 0 Å². The largest absolute Gasteiger partial charge is 0.494 e. The third-order valence-electron chi connectivity index (χ3n) is 5.17. The van der Waals surface area contributed by atoms with E-state index in [0.29, 0.717) is 30.1 Å². The summed E-state index contributed by atoms with van der Waals surface area (Å²) in [4.78, 5) is 12.5. The number of sulfonamides is 1. The zero-order chi connectivity index (χ0) is 19.0. The normalized spacial score (nSPS) is 23.1. The van der Waals surface area contributed by atoms with Gasteiger partial charge in [0.25, 0.3) is 0 Å². The lowest BCUT2D eigenvalue weighted by Gasteiger charge is -2.20. The fourth-order valence-electron chi connectivity index (χ4n) is 3.66. The van der Waals surface area contributed by atoms with E-state index >= 15 is 0 Å². The third kappa shape index (κ3) is 3.51. The fourth-order valence-corrected chi connectivity index (χ4v) is 5.23. The highest BCUT2D eigenvalue weighted by molar-refractivity contribution is 7.93. The number of hydrogen-bond donors (Lipinski definition) is 1. The Balaban J connectivity index is 1.48. The summed E-state index contributed by atoms with van der Waals surface area (Å²) in [6.45, 7) is 0.450. The number of rotatable bonds is 5. The van der Waals surface area contributed by atoms with E-state index in [9.17, 15) is 13.2 Å². The molecule has 0 spiro atoms. The predicted octanol–water partition coefficient (Wildman–Crippen LogP) is 2.98. The lowest BCUT2D eigenvalue weighted by molar-refractivity contribution is -0.117. The first kappa shape index (κ1) is 17.9. The van der Waals surface area contributed by atoms with Crippen LogP contribution in [0.5, 0.6) is 5.75 Å². The van der Waals surface area contributed by atoms with Gasteiger partial charge in [0.05, 0.1) is 18.6 Å². The molecule has 142 valence electrons. The average molecular weight is 386 g/mol. The predicted molar refractivity (Wildman–Crippen MR) is 105 cm³/mol. The van der Waals surface area contributed by atoms with Crippen LogP contribution in [-0.4, -0.2) is 33.7 Å². The molecule has 0 aromatic heterocycles. The van der Waals surface area contributed by atoms with Gasteiger partial charge in [-0.3, -0.25) is 9.10 Å². The summed E-state index contributed by atoms with van der Waals surface area (Å²) in [5.41, 5.74) is 2.31. The molecule has 2 aromatic carbocycles. The lowest BCUT2D eigenvalue weighted by Crippen LogP contribution is -2.25. The number of carbonyl (C=O) groups is 1. The van der Waals surface area contributed by atoms with E-state index in [0.717, 1.165) is 6.42 Å². The van der Waals surface area contributed by atoms with Crippen LogP contribution in [0.3, 0.4) is 0 Å². The number of methoxy groups -OCH3 is 1. The maximum atomic E-state index is 12.5. The Morgan fingerprint density at radius 2 is 1.96 bits per heavy atom. The summed E-state index contributed by atoms with van der Waals surface area (Å²) in [6, 6.07) is 15.1. The van der Waals surface area contributed by atoms with Crippen LogP contribution in [0.4, 0.5) is 11.4 Å². The summed E-state index contributed by atoms with van der Waals surface area (Å²) >= 11 is 0. The van der Waals surface area contributed by atoms with E-state index in [1.807, 2.05) is 30.3 Å². The van der Waals surface area contributed by atoms with Gasteiger partial charge < -0.3 is 10.1 Å². The van der Waals surface area contributed by atoms with Crippen LogP contribution in [-0.2, 0) is 14.8 Å². The Morgan fingerprint density at radius 1 is 1.19 bits per heavy atom. The number of nitrogens with zero attached hydrogens (tertiary/aromatic N) is 1. The van der Waals surface area contributed by atoms with Crippen LogP contribution in [0.15, 0.2) is 48.5 Å². The first-order chi connectivity index (χ1) is 13.0. The minimum atomic E-state index is -3.28. The maximum absolute atomic E-state index is 12.5. The van der Waals surface area contributed by atoms with Crippen LogP contribution < -0.4 is 14.4 Å². The molecule has 1 aliphatic carbocycles. The standard InChI is InChI=1S/C20H22N2O4S/c1-26-19-12-15(8-9-18(19)22-10-5-11-27(22,24)25)21-20(23)17-13-16(17)14-6-3-2-4-7-14/h2-4,6-9,12,16-17H,5,10-11,13H2,1H3,(H,21,23). The molecule has 2 aromatic rings.